The zero-order chi connectivity index (χ0) is 20.0. The van der Waals surface area contributed by atoms with Gasteiger partial charge in [0, 0.05) is 6.42 Å². The average Bonchev–Trinajstić information content (AvgIpc) is 2.45. The molecule has 0 bridgehead atoms. The minimum Gasteiger partial charge on any atom is -0.324 e. The topological polar surface area (TPSA) is 109 Å². The maximum absolute atomic E-state index is 10.9. The second-order valence-corrected chi connectivity index (χ2v) is 9.71. The quantitative estimate of drug-likeness (QED) is 0.361. The summed E-state index contributed by atoms with van der Waals surface area (Å²) in [7, 11) is -7.48. The molecule has 0 spiro atoms. The minimum absolute atomic E-state index is 0.0998. The summed E-state index contributed by atoms with van der Waals surface area (Å²) in [5.74, 6) is -0.0998. The van der Waals surface area contributed by atoms with Gasteiger partial charge in [-0.2, -0.15) is 16.8 Å². The third-order valence-electron chi connectivity index (χ3n) is 3.99. The van der Waals surface area contributed by atoms with Crippen LogP contribution in [0.25, 0.3) is 0 Å². The third kappa shape index (κ3) is 21.7. The molecule has 0 rings (SSSR count). The lowest BCUT2D eigenvalue weighted by Gasteiger charge is -2.39. The van der Waals surface area contributed by atoms with Crippen molar-refractivity contribution in [3.05, 3.63) is 0 Å². The lowest BCUT2D eigenvalue weighted by atomic mass is 10.1. The number of hydrogen-bond acceptors (Lipinski definition) is 4. The maximum Gasteiger partial charge on any atom is 0.265 e. The summed E-state index contributed by atoms with van der Waals surface area (Å²) >= 11 is 0. The predicted molar refractivity (Wildman–Crippen MR) is 103 cm³/mol. The summed E-state index contributed by atoms with van der Waals surface area (Å²) in [6.45, 7) is 10.9. The van der Waals surface area contributed by atoms with Crippen LogP contribution in [0.3, 0.4) is 0 Å². The summed E-state index contributed by atoms with van der Waals surface area (Å²) < 4.78 is 57.6. The van der Waals surface area contributed by atoms with E-state index >= 15 is 0 Å². The van der Waals surface area contributed by atoms with Crippen molar-refractivity contribution in [2.75, 3.05) is 38.2 Å². The standard InChI is InChI=1S/C15H33NO3S.CH4O3S/c1-4-7-11-16(12-8-5-2,13-9-6-3)14-10-15-20(17,18)19;1-5(2,3)4/h4-15H2,1-3H3;1H3,(H,2,3,4)/p+1. The van der Waals surface area contributed by atoms with Crippen LogP contribution in [0.5, 0.6) is 0 Å². The molecule has 154 valence electrons. The molecular weight excluding hydrogens is 366 g/mol. The molecule has 0 aromatic heterocycles. The molecule has 0 saturated heterocycles. The largest absolute Gasteiger partial charge is 0.324 e. The van der Waals surface area contributed by atoms with Crippen molar-refractivity contribution in [2.24, 2.45) is 0 Å². The minimum atomic E-state index is -3.82. The molecule has 0 atom stereocenters. The zero-order valence-corrected chi connectivity index (χ0v) is 17.9. The molecule has 9 heteroatoms. The van der Waals surface area contributed by atoms with Crippen LogP contribution in [-0.4, -0.2) is 68.6 Å². The lowest BCUT2D eigenvalue weighted by molar-refractivity contribution is -0.928. The van der Waals surface area contributed by atoms with Gasteiger partial charge in [-0.05, 0) is 19.3 Å². The van der Waals surface area contributed by atoms with E-state index in [-0.39, 0.29) is 5.75 Å². The van der Waals surface area contributed by atoms with Gasteiger partial charge in [0.15, 0.2) is 0 Å². The van der Waals surface area contributed by atoms with E-state index in [1.54, 1.807) is 0 Å². The van der Waals surface area contributed by atoms with Crippen molar-refractivity contribution in [3.63, 3.8) is 0 Å². The van der Waals surface area contributed by atoms with E-state index in [1.165, 1.54) is 38.5 Å². The van der Waals surface area contributed by atoms with Crippen molar-refractivity contribution in [1.82, 2.24) is 0 Å². The Hall–Kier alpha value is -0.220. The maximum atomic E-state index is 10.9. The number of hydrogen-bond donors (Lipinski definition) is 2. The normalized spacial score (nSPS) is 12.6. The van der Waals surface area contributed by atoms with Crippen LogP contribution in [0.1, 0.15) is 65.7 Å². The highest BCUT2D eigenvalue weighted by atomic mass is 32.2. The average molecular weight is 405 g/mol. The Bertz CT molecular complexity index is 487. The SMILES string of the molecule is CCCC[N+](CCCC)(CCCC)CCCS(=O)(=O)O.CS(=O)(=O)O. The van der Waals surface area contributed by atoms with E-state index in [9.17, 15) is 16.8 Å². The number of quaternary nitrogens is 1. The van der Waals surface area contributed by atoms with Gasteiger partial charge in [0.25, 0.3) is 20.2 Å². The Morgan fingerprint density at radius 2 is 0.960 bits per heavy atom. The van der Waals surface area contributed by atoms with Gasteiger partial charge in [-0.25, -0.2) is 0 Å². The van der Waals surface area contributed by atoms with Gasteiger partial charge in [0.05, 0.1) is 38.2 Å². The highest BCUT2D eigenvalue weighted by Crippen LogP contribution is 2.16. The van der Waals surface area contributed by atoms with E-state index in [0.717, 1.165) is 30.7 Å². The molecule has 0 aromatic rings. The number of unbranched alkanes of at least 4 members (excludes halogenated alkanes) is 3. The predicted octanol–water partition coefficient (Wildman–Crippen LogP) is 2.99. The molecule has 0 aliphatic heterocycles. The highest BCUT2D eigenvalue weighted by Gasteiger charge is 2.26. The van der Waals surface area contributed by atoms with Crippen LogP contribution in [0, 0.1) is 0 Å². The fourth-order valence-corrected chi connectivity index (χ4v) is 3.23. The van der Waals surface area contributed by atoms with Crippen molar-refractivity contribution in [3.8, 4) is 0 Å². The molecule has 0 aliphatic rings. The monoisotopic (exact) mass is 404 g/mol. The Labute approximate surface area is 154 Å². The molecule has 0 unspecified atom stereocenters. The van der Waals surface area contributed by atoms with Gasteiger partial charge < -0.3 is 4.48 Å². The Kier molecular flexibility index (Phi) is 15.0. The summed E-state index contributed by atoms with van der Waals surface area (Å²) in [6.07, 6.45) is 8.39. The Balaban J connectivity index is 0. The van der Waals surface area contributed by atoms with E-state index in [2.05, 4.69) is 20.8 Å². The fraction of sp³-hybridized carbons (Fsp3) is 1.00. The first-order valence-electron chi connectivity index (χ1n) is 9.11. The van der Waals surface area contributed by atoms with Crippen LogP contribution in [0.4, 0.5) is 0 Å². The molecule has 0 fully saturated rings. The summed E-state index contributed by atoms with van der Waals surface area (Å²) in [5.41, 5.74) is 0. The van der Waals surface area contributed by atoms with Crippen LogP contribution < -0.4 is 0 Å². The third-order valence-corrected chi connectivity index (χ3v) is 4.80. The van der Waals surface area contributed by atoms with Crippen molar-refractivity contribution >= 4 is 20.2 Å². The van der Waals surface area contributed by atoms with E-state index in [1.807, 2.05) is 0 Å². The Morgan fingerprint density at radius 1 is 0.680 bits per heavy atom. The van der Waals surface area contributed by atoms with Crippen LogP contribution >= 0.6 is 0 Å². The van der Waals surface area contributed by atoms with Gasteiger partial charge in [-0.15, -0.1) is 0 Å². The molecule has 0 saturated carbocycles. The van der Waals surface area contributed by atoms with Crippen molar-refractivity contribution in [2.45, 2.75) is 65.7 Å². The fourth-order valence-electron chi connectivity index (χ4n) is 2.73. The molecule has 0 aliphatic carbocycles. The first kappa shape index (κ1) is 27.0. The van der Waals surface area contributed by atoms with E-state index in [0.29, 0.717) is 12.7 Å². The van der Waals surface area contributed by atoms with Crippen molar-refractivity contribution < 1.29 is 30.4 Å². The van der Waals surface area contributed by atoms with E-state index in [4.69, 9.17) is 9.11 Å². The second kappa shape index (κ2) is 13.9. The molecule has 0 heterocycles. The molecular formula is C16H38NO6S2+. The van der Waals surface area contributed by atoms with Crippen LogP contribution in [0.2, 0.25) is 0 Å². The molecule has 7 nitrogen and oxygen atoms in total. The number of rotatable bonds is 13. The molecule has 0 radical (unpaired) electrons. The number of nitrogens with zero attached hydrogens (tertiary/aromatic N) is 1. The molecule has 0 amide bonds. The van der Waals surface area contributed by atoms with Gasteiger partial charge in [0.2, 0.25) is 0 Å². The van der Waals surface area contributed by atoms with Gasteiger partial charge >= 0.3 is 0 Å². The van der Waals surface area contributed by atoms with Gasteiger partial charge in [-0.3, -0.25) is 9.11 Å². The van der Waals surface area contributed by atoms with Crippen molar-refractivity contribution in [1.29, 1.82) is 0 Å². The molecule has 0 aromatic carbocycles. The smallest absolute Gasteiger partial charge is 0.265 e. The molecule has 2 N–H and O–H groups in total. The zero-order valence-electron chi connectivity index (χ0n) is 16.3. The highest BCUT2D eigenvalue weighted by molar-refractivity contribution is 7.85. The van der Waals surface area contributed by atoms with E-state index < -0.39 is 20.2 Å². The molecule has 25 heavy (non-hydrogen) atoms. The van der Waals surface area contributed by atoms with Gasteiger partial charge in [0.1, 0.15) is 0 Å². The summed E-state index contributed by atoms with van der Waals surface area (Å²) in [6, 6.07) is 0. The first-order valence-corrected chi connectivity index (χ1v) is 12.6. The first-order chi connectivity index (χ1) is 11.4. The van der Waals surface area contributed by atoms with Gasteiger partial charge in [-0.1, -0.05) is 40.0 Å². The lowest BCUT2D eigenvalue weighted by Crippen LogP contribution is -2.51. The summed E-state index contributed by atoms with van der Waals surface area (Å²) in [5, 5.41) is 0. The summed E-state index contributed by atoms with van der Waals surface area (Å²) in [4.78, 5) is 0. The second-order valence-electron chi connectivity index (χ2n) is 6.67. The van der Waals surface area contributed by atoms with Crippen LogP contribution in [0.15, 0.2) is 0 Å². The van der Waals surface area contributed by atoms with Crippen LogP contribution in [-0.2, 0) is 20.2 Å². The Morgan fingerprint density at radius 3 is 1.20 bits per heavy atom.